The summed E-state index contributed by atoms with van der Waals surface area (Å²) in [6.45, 7) is 0. The first kappa shape index (κ1) is 9.85. The summed E-state index contributed by atoms with van der Waals surface area (Å²) in [5.74, 6) is 0. The number of epoxide rings is 1. The van der Waals surface area contributed by atoms with Gasteiger partial charge in [0.1, 0.15) is 12.1 Å². The summed E-state index contributed by atoms with van der Waals surface area (Å²) in [6.07, 6.45) is -1.15. The maximum Gasteiger partial charge on any atom is 0.155 e. The molecule has 5 rings (SSSR count). The van der Waals surface area contributed by atoms with E-state index in [1.165, 1.54) is 0 Å². The monoisotopic (exact) mass is 278 g/mol. The first-order valence-electron chi connectivity index (χ1n) is 8.43. The van der Waals surface area contributed by atoms with E-state index in [0.717, 1.165) is 11.1 Å². The van der Waals surface area contributed by atoms with E-state index in [1.54, 1.807) is 0 Å². The maximum atomic E-state index is 8.30. The molecule has 104 valence electrons. The van der Waals surface area contributed by atoms with Crippen LogP contribution in [-0.4, -0.2) is 17.7 Å². The molecule has 2 fully saturated rings. The molecule has 1 saturated carbocycles. The van der Waals surface area contributed by atoms with Gasteiger partial charge in [0.2, 0.25) is 0 Å². The predicted octanol–water partition coefficient (Wildman–Crippen LogP) is 3.70. The molecule has 0 N–H and O–H groups in total. The highest BCUT2D eigenvalue weighted by atomic mass is 16.6. The Morgan fingerprint density at radius 3 is 1.81 bits per heavy atom. The zero-order valence-corrected chi connectivity index (χ0v) is 11.4. The highest BCUT2D eigenvalue weighted by molar-refractivity contribution is 5.51. The largest absolute Gasteiger partial charge is 0.347 e. The van der Waals surface area contributed by atoms with Gasteiger partial charge in [-0.15, -0.1) is 0 Å². The Kier molecular flexibility index (Phi) is 1.78. The molecule has 2 aliphatic heterocycles. The third kappa shape index (κ3) is 1.24. The summed E-state index contributed by atoms with van der Waals surface area (Å²) >= 11 is 0. The Balaban J connectivity index is 1.72. The number of hydrogen-bond acceptors (Lipinski definition) is 3. The molecular formula is C18H16N2O. The highest BCUT2D eigenvalue weighted by Crippen LogP contribution is 2.69. The van der Waals surface area contributed by atoms with Crippen LogP contribution in [0.4, 0.5) is 0 Å². The Morgan fingerprint density at radius 1 is 0.857 bits per heavy atom. The fourth-order valence-electron chi connectivity index (χ4n) is 3.91. The highest BCUT2D eigenvalue weighted by Gasteiger charge is 2.82. The lowest BCUT2D eigenvalue weighted by atomic mass is 9.77. The molecule has 2 unspecified atom stereocenters. The summed E-state index contributed by atoms with van der Waals surface area (Å²) in [6, 6.07) is 19.4. The molecule has 5 atom stereocenters. The average molecular weight is 278 g/mol. The van der Waals surface area contributed by atoms with Crippen molar-refractivity contribution < 1.29 is 7.48 Å². The first-order valence-corrected chi connectivity index (χ1v) is 7.27. The fourth-order valence-corrected chi connectivity index (χ4v) is 3.91. The number of ether oxygens (including phenoxy) is 1. The molecule has 2 heterocycles. The summed E-state index contributed by atoms with van der Waals surface area (Å²) < 4.78 is 23.0. The van der Waals surface area contributed by atoms with Gasteiger partial charge in [-0.2, -0.15) is 10.2 Å². The second-order valence-corrected chi connectivity index (χ2v) is 5.81. The minimum absolute atomic E-state index is 0.365. The average Bonchev–Trinajstić information content (AvgIpc) is 3.10. The standard InChI is InChI=1S/C18H16N2O/c1-3-7-13(8-4-1)17(14-9-5-2-6-10-14)18(21-17)15-11-12-16(18)20-19-15/h1-10,15-16H,11-12H2/t15-,16+,18?/i11D,12D/t11-,12?,15+,16-,18?/m1/s1. The van der Waals surface area contributed by atoms with Crippen LogP contribution < -0.4 is 0 Å². The van der Waals surface area contributed by atoms with Gasteiger partial charge in [0.15, 0.2) is 11.2 Å². The van der Waals surface area contributed by atoms with Crippen LogP contribution in [0.2, 0.25) is 0 Å². The van der Waals surface area contributed by atoms with Crippen molar-refractivity contribution in [2.75, 3.05) is 0 Å². The van der Waals surface area contributed by atoms with Crippen molar-refractivity contribution in [3.05, 3.63) is 71.8 Å². The van der Waals surface area contributed by atoms with Crippen molar-refractivity contribution in [3.63, 3.8) is 0 Å². The van der Waals surface area contributed by atoms with E-state index in [4.69, 9.17) is 7.48 Å². The van der Waals surface area contributed by atoms with E-state index in [0.29, 0.717) is 0 Å². The molecule has 2 aromatic carbocycles. The van der Waals surface area contributed by atoms with Gasteiger partial charge in [0, 0.05) is 2.74 Å². The Hall–Kier alpha value is -2.00. The lowest BCUT2D eigenvalue weighted by molar-refractivity contribution is 0.267. The normalized spacial score (nSPS) is 42.9. The van der Waals surface area contributed by atoms with Crippen LogP contribution >= 0.6 is 0 Å². The lowest BCUT2D eigenvalue weighted by Crippen LogP contribution is -2.35. The zero-order chi connectivity index (χ0) is 15.7. The molecule has 3 aliphatic rings. The minimum Gasteiger partial charge on any atom is -0.347 e. The summed E-state index contributed by atoms with van der Waals surface area (Å²) in [5.41, 5.74) is 0.780. The van der Waals surface area contributed by atoms with Crippen LogP contribution in [0.15, 0.2) is 70.9 Å². The van der Waals surface area contributed by atoms with Crippen LogP contribution in [0.3, 0.4) is 0 Å². The van der Waals surface area contributed by atoms with Crippen molar-refractivity contribution in [1.82, 2.24) is 0 Å². The van der Waals surface area contributed by atoms with Crippen molar-refractivity contribution in [1.29, 1.82) is 0 Å². The number of benzene rings is 2. The molecule has 1 aliphatic carbocycles. The van der Waals surface area contributed by atoms with Crippen LogP contribution in [-0.2, 0) is 10.3 Å². The molecule has 1 spiro atoms. The van der Waals surface area contributed by atoms with Gasteiger partial charge < -0.3 is 4.74 Å². The van der Waals surface area contributed by atoms with Gasteiger partial charge in [0.25, 0.3) is 0 Å². The molecule has 2 aromatic rings. The quantitative estimate of drug-likeness (QED) is 0.772. The van der Waals surface area contributed by atoms with Crippen molar-refractivity contribution >= 4 is 0 Å². The fraction of sp³-hybridized carbons (Fsp3) is 0.333. The molecule has 0 amide bonds. The number of azo groups is 1. The number of hydrogen-bond donors (Lipinski definition) is 0. The molecule has 2 bridgehead atoms. The molecule has 21 heavy (non-hydrogen) atoms. The molecule has 3 nitrogen and oxygen atoms in total. The van der Waals surface area contributed by atoms with Crippen LogP contribution in [0.1, 0.15) is 26.7 Å². The molecule has 0 radical (unpaired) electrons. The third-order valence-corrected chi connectivity index (χ3v) is 4.86. The van der Waals surface area contributed by atoms with E-state index in [1.807, 2.05) is 36.4 Å². The summed E-state index contributed by atoms with van der Waals surface area (Å²) in [4.78, 5) is 0. The van der Waals surface area contributed by atoms with Gasteiger partial charge in [-0.25, -0.2) is 0 Å². The SMILES string of the molecule is [2H]C1[C@@H]([2H])[C@@H]2N=N[C@H]1C21OC1(c1ccccc1)c1ccccc1. The van der Waals surface area contributed by atoms with E-state index >= 15 is 0 Å². The van der Waals surface area contributed by atoms with E-state index in [2.05, 4.69) is 34.5 Å². The number of nitrogens with zero attached hydrogens (tertiary/aromatic N) is 2. The molecule has 0 aromatic heterocycles. The number of rotatable bonds is 2. The second-order valence-electron chi connectivity index (χ2n) is 5.81. The van der Waals surface area contributed by atoms with Crippen molar-refractivity contribution in [2.45, 2.75) is 36.1 Å². The first-order chi connectivity index (χ1) is 11.2. The lowest BCUT2D eigenvalue weighted by Gasteiger charge is -2.19. The van der Waals surface area contributed by atoms with E-state index in [-0.39, 0.29) is 12.1 Å². The smallest absolute Gasteiger partial charge is 0.155 e. The van der Waals surface area contributed by atoms with Crippen LogP contribution in [0, 0.1) is 0 Å². The van der Waals surface area contributed by atoms with E-state index < -0.39 is 24.0 Å². The van der Waals surface area contributed by atoms with E-state index in [9.17, 15) is 0 Å². The predicted molar refractivity (Wildman–Crippen MR) is 79.1 cm³/mol. The van der Waals surface area contributed by atoms with Crippen molar-refractivity contribution in [3.8, 4) is 0 Å². The Morgan fingerprint density at radius 2 is 1.33 bits per heavy atom. The van der Waals surface area contributed by atoms with Crippen LogP contribution in [0.5, 0.6) is 0 Å². The van der Waals surface area contributed by atoms with Gasteiger partial charge in [-0.3, -0.25) is 0 Å². The zero-order valence-electron chi connectivity index (χ0n) is 13.4. The minimum atomic E-state index is -0.672. The van der Waals surface area contributed by atoms with Crippen molar-refractivity contribution in [2.24, 2.45) is 10.2 Å². The van der Waals surface area contributed by atoms with Gasteiger partial charge >= 0.3 is 0 Å². The van der Waals surface area contributed by atoms with Gasteiger partial charge in [-0.1, -0.05) is 60.7 Å². The van der Waals surface area contributed by atoms with Crippen LogP contribution in [0.25, 0.3) is 0 Å². The molecule has 1 saturated heterocycles. The van der Waals surface area contributed by atoms with Gasteiger partial charge in [-0.05, 0) is 23.9 Å². The summed E-state index contributed by atoms with van der Waals surface area (Å²) in [7, 11) is 0. The summed E-state index contributed by atoms with van der Waals surface area (Å²) in [5, 5.41) is 8.58. The Labute approximate surface area is 126 Å². The second kappa shape index (κ2) is 3.80. The molecule has 3 heteroatoms. The Bertz CT molecular complexity index is 723. The third-order valence-electron chi connectivity index (χ3n) is 4.86. The van der Waals surface area contributed by atoms with Gasteiger partial charge in [0.05, 0.1) is 0 Å². The maximum absolute atomic E-state index is 8.30. The molecular weight excluding hydrogens is 260 g/mol. The topological polar surface area (TPSA) is 37.2 Å².